The smallest absolute Gasteiger partial charge is 0.240 e. The van der Waals surface area contributed by atoms with E-state index in [0.717, 1.165) is 11.0 Å². The number of carbonyl (C=O) groups is 1. The molecule has 0 saturated carbocycles. The number of hydrogen-bond acceptors (Lipinski definition) is 6. The van der Waals surface area contributed by atoms with Crippen molar-refractivity contribution in [1.29, 1.82) is 0 Å². The number of aliphatic hydroxyl groups excluding tert-OH is 1. The minimum absolute atomic E-state index is 0.0638. The Hall–Kier alpha value is -3.52. The highest BCUT2D eigenvalue weighted by molar-refractivity contribution is 6.04. The Labute approximate surface area is 147 Å². The Kier molecular flexibility index (Phi) is 3.55. The van der Waals surface area contributed by atoms with Gasteiger partial charge in [0.25, 0.3) is 0 Å². The number of fused-ring (bicyclic) bond motifs is 1. The Bertz CT molecular complexity index is 1140. The fourth-order valence-electron chi connectivity index (χ4n) is 3.02. The molecule has 0 aliphatic carbocycles. The summed E-state index contributed by atoms with van der Waals surface area (Å²) < 4.78 is 6.87. The lowest BCUT2D eigenvalue weighted by atomic mass is 10.1. The molecule has 0 aliphatic heterocycles. The molecule has 0 unspecified atom stereocenters. The minimum Gasteiger partial charge on any atom is -0.503 e. The number of ketones is 1. The van der Waals surface area contributed by atoms with Gasteiger partial charge in [-0.2, -0.15) is 0 Å². The molecule has 0 radical (unpaired) electrons. The van der Waals surface area contributed by atoms with Crippen LogP contribution in [0.2, 0.25) is 0 Å². The molecule has 132 valence electrons. The molecular formula is C18H15N3O5. The van der Waals surface area contributed by atoms with Crippen LogP contribution in [0.25, 0.3) is 28.2 Å². The number of nitrogens with one attached hydrogen (secondary N) is 1. The summed E-state index contributed by atoms with van der Waals surface area (Å²) in [4.78, 5) is 19.2. The third-order valence-corrected chi connectivity index (χ3v) is 4.19. The van der Waals surface area contributed by atoms with Gasteiger partial charge in [0.2, 0.25) is 5.88 Å². The van der Waals surface area contributed by atoms with Crippen molar-refractivity contribution < 1.29 is 24.5 Å². The van der Waals surface area contributed by atoms with Crippen molar-refractivity contribution in [1.82, 2.24) is 14.5 Å². The van der Waals surface area contributed by atoms with Gasteiger partial charge in [-0.1, -0.05) is 0 Å². The molecule has 4 N–H and O–H groups in total. The van der Waals surface area contributed by atoms with Crippen LogP contribution in [-0.4, -0.2) is 35.6 Å². The first-order valence-electron chi connectivity index (χ1n) is 7.82. The maximum absolute atomic E-state index is 12.1. The fourth-order valence-corrected chi connectivity index (χ4v) is 3.02. The van der Waals surface area contributed by atoms with Crippen LogP contribution >= 0.6 is 0 Å². The molecular weight excluding hydrogens is 338 g/mol. The zero-order valence-corrected chi connectivity index (χ0v) is 13.7. The van der Waals surface area contributed by atoms with E-state index >= 15 is 0 Å². The number of hydrogen-bond donors (Lipinski definition) is 4. The monoisotopic (exact) mass is 353 g/mol. The number of carbonyl (C=O) groups excluding carboxylic acids is 1. The van der Waals surface area contributed by atoms with Crippen LogP contribution in [0.15, 0.2) is 41.1 Å². The molecule has 0 saturated heterocycles. The molecule has 8 nitrogen and oxygen atoms in total. The second kappa shape index (κ2) is 5.78. The lowest BCUT2D eigenvalue weighted by Crippen LogP contribution is -2.00. The average Bonchev–Trinajstić information content (AvgIpc) is 3.33. The van der Waals surface area contributed by atoms with E-state index in [2.05, 4.69) is 9.97 Å². The Morgan fingerprint density at radius 1 is 1.27 bits per heavy atom. The number of aromatic nitrogens is 3. The molecule has 0 atom stereocenters. The zero-order valence-electron chi connectivity index (χ0n) is 13.7. The van der Waals surface area contributed by atoms with Gasteiger partial charge in [0, 0.05) is 0 Å². The highest BCUT2D eigenvalue weighted by Gasteiger charge is 2.29. The molecule has 26 heavy (non-hydrogen) atoms. The number of imidazole rings is 1. The Morgan fingerprint density at radius 2 is 2.08 bits per heavy atom. The topological polar surface area (TPSA) is 125 Å². The van der Waals surface area contributed by atoms with E-state index in [4.69, 9.17) is 4.42 Å². The number of furan rings is 1. The molecule has 0 bridgehead atoms. The largest absolute Gasteiger partial charge is 0.503 e. The molecule has 0 aliphatic rings. The summed E-state index contributed by atoms with van der Waals surface area (Å²) >= 11 is 0. The zero-order chi connectivity index (χ0) is 18.4. The van der Waals surface area contributed by atoms with Gasteiger partial charge in [0.15, 0.2) is 17.3 Å². The van der Waals surface area contributed by atoms with E-state index in [1.165, 1.54) is 11.5 Å². The SMILES string of the molecule is CC(=O)c1c(O)c(O)n(-c2ccc3nc[nH]c3c2)c1-c1ccc(CO)o1. The van der Waals surface area contributed by atoms with Crippen LogP contribution in [0, 0.1) is 0 Å². The molecule has 4 aromatic rings. The van der Waals surface area contributed by atoms with Gasteiger partial charge in [-0.25, -0.2) is 4.98 Å². The second-order valence-electron chi connectivity index (χ2n) is 5.82. The van der Waals surface area contributed by atoms with E-state index in [1.54, 1.807) is 36.7 Å². The van der Waals surface area contributed by atoms with Gasteiger partial charge < -0.3 is 24.7 Å². The molecule has 8 heteroatoms. The Balaban J connectivity index is 2.04. The van der Waals surface area contributed by atoms with Crippen LogP contribution in [0.4, 0.5) is 0 Å². The van der Waals surface area contributed by atoms with Crippen molar-refractivity contribution in [2.24, 2.45) is 0 Å². The standard InChI is InChI=1S/C18H15N3O5/c1-9(23)15-16(14-5-3-11(7-22)26-14)21(18(25)17(15)24)10-2-4-12-13(6-10)20-8-19-12/h2-6,8,22,24-25H,7H2,1H3,(H,19,20). The van der Waals surface area contributed by atoms with E-state index in [1.807, 2.05) is 0 Å². The van der Waals surface area contributed by atoms with Gasteiger partial charge in [-0.3, -0.25) is 9.36 Å². The second-order valence-corrected chi connectivity index (χ2v) is 5.82. The number of rotatable bonds is 4. The van der Waals surface area contributed by atoms with Gasteiger partial charge in [-0.15, -0.1) is 0 Å². The third-order valence-electron chi connectivity index (χ3n) is 4.19. The highest BCUT2D eigenvalue weighted by atomic mass is 16.4. The number of aromatic amines is 1. The lowest BCUT2D eigenvalue weighted by Gasteiger charge is -2.10. The van der Waals surface area contributed by atoms with Gasteiger partial charge in [0.05, 0.1) is 28.6 Å². The summed E-state index contributed by atoms with van der Waals surface area (Å²) in [6.07, 6.45) is 1.55. The summed E-state index contributed by atoms with van der Waals surface area (Å²) in [5.74, 6) is -0.911. The van der Waals surface area contributed by atoms with Crippen LogP contribution in [0.1, 0.15) is 23.0 Å². The van der Waals surface area contributed by atoms with Crippen molar-refractivity contribution in [2.75, 3.05) is 0 Å². The third kappa shape index (κ3) is 2.27. The van der Waals surface area contributed by atoms with Crippen LogP contribution < -0.4 is 0 Å². The molecule has 1 aromatic carbocycles. The first kappa shape index (κ1) is 16.0. The number of Topliss-reactive ketones (excluding diaryl/α,β-unsaturated/α-hetero) is 1. The van der Waals surface area contributed by atoms with Crippen LogP contribution in [0.5, 0.6) is 11.6 Å². The van der Waals surface area contributed by atoms with E-state index in [0.29, 0.717) is 11.4 Å². The first-order valence-corrected chi connectivity index (χ1v) is 7.82. The van der Waals surface area contributed by atoms with Crippen molar-refractivity contribution in [3.05, 3.63) is 48.0 Å². The maximum Gasteiger partial charge on any atom is 0.240 e. The quantitative estimate of drug-likeness (QED) is 0.418. The van der Waals surface area contributed by atoms with Gasteiger partial charge in [0.1, 0.15) is 18.1 Å². The predicted octanol–water partition coefficient (Wildman–Crippen LogP) is 2.72. The van der Waals surface area contributed by atoms with E-state index < -0.39 is 17.4 Å². The van der Waals surface area contributed by atoms with Crippen molar-refractivity contribution >= 4 is 16.8 Å². The van der Waals surface area contributed by atoms with Crippen LogP contribution in [-0.2, 0) is 6.61 Å². The predicted molar refractivity (Wildman–Crippen MR) is 92.4 cm³/mol. The lowest BCUT2D eigenvalue weighted by molar-refractivity contribution is 0.101. The molecule has 0 fully saturated rings. The molecule has 0 spiro atoms. The first-order chi connectivity index (χ1) is 12.5. The Morgan fingerprint density at radius 3 is 2.77 bits per heavy atom. The summed E-state index contributed by atoms with van der Waals surface area (Å²) in [6.45, 7) is 0.977. The summed E-state index contributed by atoms with van der Waals surface area (Å²) in [6, 6.07) is 8.30. The van der Waals surface area contributed by atoms with Crippen LogP contribution in [0.3, 0.4) is 0 Å². The van der Waals surface area contributed by atoms with E-state index in [-0.39, 0.29) is 23.6 Å². The normalized spacial score (nSPS) is 11.3. The fraction of sp³-hybridized carbons (Fsp3) is 0.111. The van der Waals surface area contributed by atoms with Gasteiger partial charge >= 0.3 is 0 Å². The molecule has 0 amide bonds. The highest BCUT2D eigenvalue weighted by Crippen LogP contribution is 2.43. The van der Waals surface area contributed by atoms with E-state index in [9.17, 15) is 20.1 Å². The van der Waals surface area contributed by atoms with Crippen molar-refractivity contribution in [3.63, 3.8) is 0 Å². The number of aromatic hydroxyl groups is 2. The molecule has 3 heterocycles. The average molecular weight is 353 g/mol. The number of H-pyrrole nitrogens is 1. The summed E-state index contributed by atoms with van der Waals surface area (Å²) in [7, 11) is 0. The molecule has 3 aromatic heterocycles. The number of benzene rings is 1. The van der Waals surface area contributed by atoms with Crippen molar-refractivity contribution in [3.8, 4) is 28.8 Å². The summed E-state index contributed by atoms with van der Waals surface area (Å²) in [5, 5.41) is 30.1. The van der Waals surface area contributed by atoms with Crippen molar-refractivity contribution in [2.45, 2.75) is 13.5 Å². The molecule has 4 rings (SSSR count). The van der Waals surface area contributed by atoms with Gasteiger partial charge in [-0.05, 0) is 37.3 Å². The minimum atomic E-state index is -0.529. The number of aliphatic hydroxyl groups is 1. The summed E-state index contributed by atoms with van der Waals surface area (Å²) in [5.41, 5.74) is 2.09. The number of nitrogens with zero attached hydrogens (tertiary/aromatic N) is 2. The maximum atomic E-state index is 12.1.